The minimum atomic E-state index is 0.249. The van der Waals surface area contributed by atoms with Crippen LogP contribution in [0, 0.1) is 0 Å². The molecule has 0 spiro atoms. The van der Waals surface area contributed by atoms with Crippen molar-refractivity contribution in [2.45, 2.75) is 24.9 Å². The number of aromatic nitrogens is 3. The molecule has 0 radical (unpaired) electrons. The van der Waals surface area contributed by atoms with Gasteiger partial charge in [-0.05, 0) is 37.1 Å². The molecule has 2 aromatic heterocycles. The second-order valence-electron chi connectivity index (χ2n) is 5.01. The van der Waals surface area contributed by atoms with Crippen LogP contribution >= 0.6 is 22.9 Å². The molecular formula is C14H12ClN3OS. The molecule has 0 atom stereocenters. The molecule has 6 heteroatoms. The van der Waals surface area contributed by atoms with Gasteiger partial charge in [-0.3, -0.25) is 5.10 Å². The number of nitrogens with zero attached hydrogens (tertiary/aromatic N) is 2. The average Bonchev–Trinajstić information content (AvgIpc) is 3.01. The van der Waals surface area contributed by atoms with E-state index in [9.17, 15) is 0 Å². The van der Waals surface area contributed by atoms with Crippen molar-refractivity contribution in [2.75, 3.05) is 0 Å². The van der Waals surface area contributed by atoms with E-state index in [0.717, 1.165) is 33.3 Å². The maximum atomic E-state index is 5.98. The van der Waals surface area contributed by atoms with Crippen molar-refractivity contribution in [1.29, 1.82) is 0 Å². The molecule has 0 aliphatic heterocycles. The Morgan fingerprint density at radius 3 is 3.00 bits per heavy atom. The Morgan fingerprint density at radius 1 is 1.30 bits per heavy atom. The van der Waals surface area contributed by atoms with E-state index >= 15 is 0 Å². The van der Waals surface area contributed by atoms with Crippen molar-refractivity contribution in [3.05, 3.63) is 41.2 Å². The molecule has 1 saturated carbocycles. The van der Waals surface area contributed by atoms with Gasteiger partial charge in [-0.2, -0.15) is 5.10 Å². The van der Waals surface area contributed by atoms with E-state index in [0.29, 0.717) is 5.92 Å². The van der Waals surface area contributed by atoms with Crippen LogP contribution in [0.4, 0.5) is 0 Å². The van der Waals surface area contributed by atoms with Gasteiger partial charge in [0.15, 0.2) is 0 Å². The zero-order chi connectivity index (χ0) is 13.5. The fourth-order valence-electron chi connectivity index (χ4n) is 2.48. The Bertz CT molecular complexity index is 734. The maximum Gasteiger partial charge on any atom is 0.274 e. The SMILES string of the molecule is Clc1ccc2nc(OC3CC(c4ccn[nH]4)C3)sc2c1. The van der Waals surface area contributed by atoms with Gasteiger partial charge in [-0.15, -0.1) is 0 Å². The second kappa shape index (κ2) is 4.75. The van der Waals surface area contributed by atoms with E-state index in [1.165, 1.54) is 5.69 Å². The van der Waals surface area contributed by atoms with E-state index in [-0.39, 0.29) is 6.10 Å². The smallest absolute Gasteiger partial charge is 0.274 e. The van der Waals surface area contributed by atoms with Gasteiger partial charge < -0.3 is 4.74 Å². The first-order valence-corrected chi connectivity index (χ1v) is 7.69. The lowest BCUT2D eigenvalue weighted by atomic mass is 9.80. The summed E-state index contributed by atoms with van der Waals surface area (Å²) in [6, 6.07) is 7.73. The van der Waals surface area contributed by atoms with Crippen molar-refractivity contribution >= 4 is 33.2 Å². The minimum absolute atomic E-state index is 0.249. The average molecular weight is 306 g/mol. The summed E-state index contributed by atoms with van der Waals surface area (Å²) in [5.41, 5.74) is 2.14. The van der Waals surface area contributed by atoms with Crippen LogP contribution in [0.2, 0.25) is 5.02 Å². The van der Waals surface area contributed by atoms with Crippen LogP contribution in [0.15, 0.2) is 30.5 Å². The Kier molecular flexibility index (Phi) is 2.89. The lowest BCUT2D eigenvalue weighted by molar-refractivity contribution is 0.0969. The summed E-state index contributed by atoms with van der Waals surface area (Å²) >= 11 is 7.53. The van der Waals surface area contributed by atoms with Crippen LogP contribution in [0.3, 0.4) is 0 Å². The minimum Gasteiger partial charge on any atom is -0.467 e. The molecule has 1 aliphatic carbocycles. The van der Waals surface area contributed by atoms with E-state index in [1.54, 1.807) is 17.5 Å². The summed E-state index contributed by atoms with van der Waals surface area (Å²) in [6.45, 7) is 0. The maximum absolute atomic E-state index is 5.98. The third-order valence-corrected chi connectivity index (χ3v) is 4.80. The number of rotatable bonds is 3. The number of H-pyrrole nitrogens is 1. The van der Waals surface area contributed by atoms with Gasteiger partial charge >= 0.3 is 0 Å². The molecule has 4 nitrogen and oxygen atoms in total. The molecule has 0 unspecified atom stereocenters. The number of hydrogen-bond acceptors (Lipinski definition) is 4. The molecule has 2 heterocycles. The van der Waals surface area contributed by atoms with Crippen LogP contribution in [-0.2, 0) is 0 Å². The number of nitrogens with one attached hydrogen (secondary N) is 1. The molecule has 4 rings (SSSR count). The van der Waals surface area contributed by atoms with E-state index < -0.39 is 0 Å². The van der Waals surface area contributed by atoms with Crippen LogP contribution < -0.4 is 4.74 Å². The Balaban J connectivity index is 1.44. The van der Waals surface area contributed by atoms with Gasteiger partial charge in [0.2, 0.25) is 0 Å². The van der Waals surface area contributed by atoms with Crippen molar-refractivity contribution in [3.63, 3.8) is 0 Å². The molecule has 1 aliphatic rings. The van der Waals surface area contributed by atoms with Crippen molar-refractivity contribution < 1.29 is 4.74 Å². The summed E-state index contributed by atoms with van der Waals surface area (Å²) < 4.78 is 7.00. The largest absolute Gasteiger partial charge is 0.467 e. The number of ether oxygens (including phenoxy) is 1. The fraction of sp³-hybridized carbons (Fsp3) is 0.286. The summed E-state index contributed by atoms with van der Waals surface area (Å²) in [5.74, 6) is 0.534. The molecule has 0 saturated heterocycles. The molecule has 0 bridgehead atoms. The summed E-state index contributed by atoms with van der Waals surface area (Å²) in [7, 11) is 0. The van der Waals surface area contributed by atoms with Crippen molar-refractivity contribution in [2.24, 2.45) is 0 Å². The number of fused-ring (bicyclic) bond motifs is 1. The van der Waals surface area contributed by atoms with Gasteiger partial charge in [0, 0.05) is 22.8 Å². The third-order valence-electron chi connectivity index (χ3n) is 3.66. The molecule has 20 heavy (non-hydrogen) atoms. The highest BCUT2D eigenvalue weighted by Crippen LogP contribution is 2.39. The number of halogens is 1. The lowest BCUT2D eigenvalue weighted by Gasteiger charge is -2.33. The number of thiazole rings is 1. The van der Waals surface area contributed by atoms with Gasteiger partial charge in [0.25, 0.3) is 5.19 Å². The first-order valence-electron chi connectivity index (χ1n) is 6.50. The predicted molar refractivity (Wildman–Crippen MR) is 79.6 cm³/mol. The first kappa shape index (κ1) is 12.2. The van der Waals surface area contributed by atoms with Crippen LogP contribution in [0.5, 0.6) is 5.19 Å². The third kappa shape index (κ3) is 2.17. The highest BCUT2D eigenvalue weighted by atomic mass is 35.5. The van der Waals surface area contributed by atoms with Gasteiger partial charge in [0.1, 0.15) is 6.10 Å². The van der Waals surface area contributed by atoms with Crippen molar-refractivity contribution in [1.82, 2.24) is 15.2 Å². The highest BCUT2D eigenvalue weighted by Gasteiger charge is 2.33. The Labute approximate surface area is 124 Å². The zero-order valence-corrected chi connectivity index (χ0v) is 12.1. The molecule has 1 aromatic carbocycles. The van der Waals surface area contributed by atoms with Gasteiger partial charge in [-0.25, -0.2) is 4.98 Å². The number of benzene rings is 1. The molecule has 1 N–H and O–H groups in total. The summed E-state index contributed by atoms with van der Waals surface area (Å²) in [6.07, 6.45) is 4.07. The predicted octanol–water partition coefficient (Wildman–Crippen LogP) is 4.00. The standard InChI is InChI=1S/C14H12ClN3OS/c15-9-1-2-12-13(7-9)20-14(17-12)19-10-5-8(6-10)11-3-4-16-18-11/h1-4,7-8,10H,5-6H2,(H,16,18). The van der Waals surface area contributed by atoms with Crippen LogP contribution in [0.25, 0.3) is 10.2 Å². The summed E-state index contributed by atoms with van der Waals surface area (Å²) in [4.78, 5) is 4.48. The monoisotopic (exact) mass is 305 g/mol. The van der Waals surface area contributed by atoms with Crippen molar-refractivity contribution in [3.8, 4) is 5.19 Å². The molecule has 0 amide bonds. The molecule has 3 aromatic rings. The highest BCUT2D eigenvalue weighted by molar-refractivity contribution is 7.20. The molecule has 102 valence electrons. The van der Waals surface area contributed by atoms with Gasteiger partial charge in [-0.1, -0.05) is 22.9 Å². The second-order valence-corrected chi connectivity index (χ2v) is 6.44. The topological polar surface area (TPSA) is 50.8 Å². The lowest BCUT2D eigenvalue weighted by Crippen LogP contribution is -2.32. The first-order chi connectivity index (χ1) is 9.78. The Morgan fingerprint density at radius 2 is 2.20 bits per heavy atom. The number of hydrogen-bond donors (Lipinski definition) is 1. The molecular weight excluding hydrogens is 294 g/mol. The van der Waals surface area contributed by atoms with E-state index in [1.807, 2.05) is 24.3 Å². The van der Waals surface area contributed by atoms with Crippen LogP contribution in [-0.4, -0.2) is 21.3 Å². The van der Waals surface area contributed by atoms with Gasteiger partial charge in [0.05, 0.1) is 10.2 Å². The van der Waals surface area contributed by atoms with Crippen LogP contribution in [0.1, 0.15) is 24.5 Å². The van der Waals surface area contributed by atoms with E-state index in [2.05, 4.69) is 15.2 Å². The molecule has 1 fully saturated rings. The quantitative estimate of drug-likeness (QED) is 0.795. The Hall–Kier alpha value is -1.59. The summed E-state index contributed by atoms with van der Waals surface area (Å²) in [5, 5.41) is 8.46. The zero-order valence-electron chi connectivity index (χ0n) is 10.5. The van der Waals surface area contributed by atoms with E-state index in [4.69, 9.17) is 16.3 Å². The normalized spacial score (nSPS) is 21.9. The number of aromatic amines is 1. The fourth-order valence-corrected chi connectivity index (χ4v) is 3.64.